The van der Waals surface area contributed by atoms with Gasteiger partial charge in [0, 0.05) is 18.2 Å². The van der Waals surface area contributed by atoms with Crippen LogP contribution in [0.3, 0.4) is 0 Å². The molecule has 1 aromatic carbocycles. The minimum absolute atomic E-state index is 0. The van der Waals surface area contributed by atoms with Gasteiger partial charge in [-0.25, -0.2) is 0 Å². The van der Waals surface area contributed by atoms with E-state index in [1.165, 1.54) is 0 Å². The number of hydrogen-bond donors (Lipinski definition) is 1. The van der Waals surface area contributed by atoms with Crippen molar-refractivity contribution in [2.75, 3.05) is 24.5 Å². The Labute approximate surface area is 127 Å². The topological polar surface area (TPSA) is 32.3 Å². The van der Waals surface area contributed by atoms with Gasteiger partial charge in [-0.1, -0.05) is 18.2 Å². The smallest absolute Gasteiger partial charge is 0.230 e. The first-order valence-electron chi connectivity index (χ1n) is 7.34. The molecule has 1 saturated carbocycles. The Morgan fingerprint density at radius 3 is 2.55 bits per heavy atom. The molecule has 0 bridgehead atoms. The van der Waals surface area contributed by atoms with Crippen molar-refractivity contribution >= 4 is 24.0 Å². The third-order valence-electron chi connectivity index (χ3n) is 4.74. The Bertz CT molecular complexity index is 457. The second kappa shape index (κ2) is 6.15. The fraction of sp³-hybridized carbons (Fsp3) is 0.562. The maximum atomic E-state index is 12.7. The van der Waals surface area contributed by atoms with E-state index in [1.807, 2.05) is 35.2 Å². The molecule has 1 saturated heterocycles. The number of halogens is 1. The fourth-order valence-electron chi connectivity index (χ4n) is 3.44. The van der Waals surface area contributed by atoms with Crippen LogP contribution in [0.1, 0.15) is 26.2 Å². The van der Waals surface area contributed by atoms with Crippen molar-refractivity contribution in [3.8, 4) is 0 Å². The number of carbonyl (C=O) groups is 1. The van der Waals surface area contributed by atoms with Gasteiger partial charge in [0.15, 0.2) is 0 Å². The molecule has 1 heterocycles. The van der Waals surface area contributed by atoms with Gasteiger partial charge in [-0.2, -0.15) is 0 Å². The Hall–Kier alpha value is -1.06. The summed E-state index contributed by atoms with van der Waals surface area (Å²) < 4.78 is 0. The highest BCUT2D eigenvalue weighted by Crippen LogP contribution is 2.59. The van der Waals surface area contributed by atoms with Gasteiger partial charge in [0.2, 0.25) is 5.91 Å². The molecule has 1 atom stereocenters. The number of anilines is 1. The number of para-hydroxylation sites is 1. The molecule has 3 rings (SSSR count). The van der Waals surface area contributed by atoms with Crippen LogP contribution in [0, 0.1) is 11.3 Å². The maximum absolute atomic E-state index is 12.7. The average molecular weight is 295 g/mol. The lowest BCUT2D eigenvalue weighted by Crippen LogP contribution is -2.36. The zero-order valence-electron chi connectivity index (χ0n) is 12.0. The standard InChI is InChI=1S/C16H22N2O.ClH/c1-2-18(13-6-4-3-5-7-13)15(19)14-12-16(14)8-10-17-11-9-16;/h3-7,14,17H,2,8-12H2,1H3;1H. The molecular weight excluding hydrogens is 272 g/mol. The maximum Gasteiger partial charge on any atom is 0.230 e. The normalized spacial score (nSPS) is 22.9. The van der Waals surface area contributed by atoms with Gasteiger partial charge in [0.25, 0.3) is 0 Å². The van der Waals surface area contributed by atoms with E-state index < -0.39 is 0 Å². The monoisotopic (exact) mass is 294 g/mol. The fourth-order valence-corrected chi connectivity index (χ4v) is 3.44. The van der Waals surface area contributed by atoms with Crippen molar-refractivity contribution in [2.24, 2.45) is 11.3 Å². The van der Waals surface area contributed by atoms with E-state index in [9.17, 15) is 4.79 Å². The average Bonchev–Trinajstić information content (AvgIpc) is 3.15. The van der Waals surface area contributed by atoms with Gasteiger partial charge in [0.1, 0.15) is 0 Å². The van der Waals surface area contributed by atoms with Gasteiger partial charge in [-0.05, 0) is 56.8 Å². The first-order valence-corrected chi connectivity index (χ1v) is 7.34. The van der Waals surface area contributed by atoms with Crippen molar-refractivity contribution in [3.63, 3.8) is 0 Å². The largest absolute Gasteiger partial charge is 0.317 e. The first kappa shape index (κ1) is 15.3. The summed E-state index contributed by atoms with van der Waals surface area (Å²) in [6.45, 7) is 4.96. The number of benzene rings is 1. The highest BCUT2D eigenvalue weighted by Gasteiger charge is 2.58. The molecule has 2 aliphatic rings. The van der Waals surface area contributed by atoms with E-state index in [1.54, 1.807) is 0 Å². The Morgan fingerprint density at radius 1 is 1.30 bits per heavy atom. The summed E-state index contributed by atoms with van der Waals surface area (Å²) in [5.41, 5.74) is 1.36. The second-order valence-electron chi connectivity index (χ2n) is 5.79. The lowest BCUT2D eigenvalue weighted by atomic mass is 9.91. The van der Waals surface area contributed by atoms with Crippen LogP contribution in [0.25, 0.3) is 0 Å². The molecule has 0 radical (unpaired) electrons. The summed E-state index contributed by atoms with van der Waals surface area (Å²) in [5.74, 6) is 0.588. The van der Waals surface area contributed by atoms with Gasteiger partial charge in [0.05, 0.1) is 0 Å². The molecule has 4 heteroatoms. The van der Waals surface area contributed by atoms with Crippen LogP contribution in [0.5, 0.6) is 0 Å². The molecule has 1 spiro atoms. The van der Waals surface area contributed by atoms with E-state index in [4.69, 9.17) is 0 Å². The summed E-state index contributed by atoms with van der Waals surface area (Å²) in [6, 6.07) is 10.0. The zero-order valence-corrected chi connectivity index (χ0v) is 12.8. The molecule has 0 aromatic heterocycles. The predicted molar refractivity (Wildman–Crippen MR) is 84.4 cm³/mol. The first-order chi connectivity index (χ1) is 9.27. The van der Waals surface area contributed by atoms with Gasteiger partial charge in [-0.15, -0.1) is 12.4 Å². The number of nitrogens with zero attached hydrogens (tertiary/aromatic N) is 1. The molecule has 1 aromatic rings. The van der Waals surface area contributed by atoms with Crippen molar-refractivity contribution in [1.29, 1.82) is 0 Å². The highest BCUT2D eigenvalue weighted by molar-refractivity contribution is 5.97. The van der Waals surface area contributed by atoms with E-state index in [0.29, 0.717) is 11.3 Å². The SMILES string of the molecule is CCN(C(=O)C1CC12CCNCC2)c1ccccc1.Cl. The summed E-state index contributed by atoms with van der Waals surface area (Å²) in [5, 5.41) is 3.39. The van der Waals surface area contributed by atoms with Crippen LogP contribution in [-0.4, -0.2) is 25.5 Å². The predicted octanol–water partition coefficient (Wildman–Crippen LogP) is 2.85. The number of piperidine rings is 1. The van der Waals surface area contributed by atoms with E-state index >= 15 is 0 Å². The number of amides is 1. The third kappa shape index (κ3) is 2.70. The van der Waals surface area contributed by atoms with E-state index in [0.717, 1.165) is 44.6 Å². The molecule has 3 nitrogen and oxygen atoms in total. The van der Waals surface area contributed by atoms with Crippen molar-refractivity contribution < 1.29 is 4.79 Å². The van der Waals surface area contributed by atoms with Crippen molar-refractivity contribution in [2.45, 2.75) is 26.2 Å². The van der Waals surface area contributed by atoms with Crippen LogP contribution >= 0.6 is 12.4 Å². The molecule has 1 aliphatic carbocycles. The minimum Gasteiger partial charge on any atom is -0.317 e. The highest BCUT2D eigenvalue weighted by atomic mass is 35.5. The zero-order chi connectivity index (χ0) is 13.3. The lowest BCUT2D eigenvalue weighted by molar-refractivity contribution is -0.120. The number of carbonyl (C=O) groups excluding carboxylic acids is 1. The molecule has 1 unspecified atom stereocenters. The molecule has 2 fully saturated rings. The Balaban J connectivity index is 0.00000147. The van der Waals surface area contributed by atoms with Crippen molar-refractivity contribution in [1.82, 2.24) is 5.32 Å². The molecule has 1 aliphatic heterocycles. The number of rotatable bonds is 3. The lowest BCUT2D eigenvalue weighted by Gasteiger charge is -2.26. The van der Waals surface area contributed by atoms with E-state index in [-0.39, 0.29) is 18.3 Å². The number of hydrogen-bond acceptors (Lipinski definition) is 2. The molecule has 110 valence electrons. The van der Waals surface area contributed by atoms with Crippen LogP contribution in [-0.2, 0) is 4.79 Å². The third-order valence-corrected chi connectivity index (χ3v) is 4.74. The minimum atomic E-state index is 0. The van der Waals surface area contributed by atoms with Crippen LogP contribution in [0.2, 0.25) is 0 Å². The van der Waals surface area contributed by atoms with Crippen LogP contribution in [0.15, 0.2) is 30.3 Å². The molecular formula is C16H23ClN2O. The summed E-state index contributed by atoms with van der Waals surface area (Å²) in [7, 11) is 0. The summed E-state index contributed by atoms with van der Waals surface area (Å²) in [4.78, 5) is 14.7. The molecule has 20 heavy (non-hydrogen) atoms. The van der Waals surface area contributed by atoms with E-state index in [2.05, 4.69) is 12.2 Å². The van der Waals surface area contributed by atoms with Gasteiger partial charge >= 0.3 is 0 Å². The quantitative estimate of drug-likeness (QED) is 0.930. The van der Waals surface area contributed by atoms with Crippen molar-refractivity contribution in [3.05, 3.63) is 30.3 Å². The Kier molecular flexibility index (Phi) is 4.71. The number of nitrogens with one attached hydrogen (secondary N) is 1. The summed E-state index contributed by atoms with van der Waals surface area (Å²) >= 11 is 0. The van der Waals surface area contributed by atoms with Crippen LogP contribution < -0.4 is 10.2 Å². The summed E-state index contributed by atoms with van der Waals surface area (Å²) in [6.07, 6.45) is 3.42. The van der Waals surface area contributed by atoms with Gasteiger partial charge < -0.3 is 10.2 Å². The molecule has 1 N–H and O–H groups in total. The second-order valence-corrected chi connectivity index (χ2v) is 5.79. The van der Waals surface area contributed by atoms with Gasteiger partial charge in [-0.3, -0.25) is 4.79 Å². The van der Waals surface area contributed by atoms with Crippen LogP contribution in [0.4, 0.5) is 5.69 Å². The Morgan fingerprint density at radius 2 is 1.95 bits per heavy atom. The molecule has 1 amide bonds.